The van der Waals surface area contributed by atoms with Gasteiger partial charge in [0.15, 0.2) is 0 Å². The van der Waals surface area contributed by atoms with Crippen LogP contribution in [0.4, 0.5) is 0 Å². The Balaban J connectivity index is 2.26. The summed E-state index contributed by atoms with van der Waals surface area (Å²) in [5, 5.41) is 35.3. The third-order valence-electron chi connectivity index (χ3n) is 5.95. The number of nitrogens with one attached hydrogen (secondary N) is 3. The molecule has 0 fully saturated rings. The molecule has 0 aliphatic carbocycles. The Bertz CT molecular complexity index is 1240. The second-order valence-electron chi connectivity index (χ2n) is 9.29. The topological polar surface area (TPSA) is 251 Å². The van der Waals surface area contributed by atoms with E-state index < -0.39 is 66.2 Å². The van der Waals surface area contributed by atoms with Gasteiger partial charge in [0.25, 0.3) is 0 Å². The first-order valence-corrected chi connectivity index (χ1v) is 12.6. The lowest BCUT2D eigenvalue weighted by molar-refractivity contribution is -0.142. The summed E-state index contributed by atoms with van der Waals surface area (Å²) in [6.07, 6.45) is -1.49. The average Bonchev–Trinajstić information content (AvgIpc) is 2.91. The van der Waals surface area contributed by atoms with E-state index in [2.05, 4.69) is 16.0 Å². The molecule has 4 amide bonds. The second kappa shape index (κ2) is 15.6. The van der Waals surface area contributed by atoms with Crippen molar-refractivity contribution in [2.24, 2.45) is 11.5 Å². The number of aliphatic carboxylic acids is 2. The van der Waals surface area contributed by atoms with Crippen molar-refractivity contribution in [2.75, 3.05) is 0 Å². The highest BCUT2D eigenvalue weighted by molar-refractivity contribution is 5.95. The Morgan fingerprint density at radius 1 is 0.707 bits per heavy atom. The molecule has 0 bridgehead atoms. The molecular weight excluding hydrogens is 538 g/mol. The summed E-state index contributed by atoms with van der Waals surface area (Å²) in [6.45, 7) is 0. The standard InChI is InChI=1S/C27H33N5O9/c28-18(14-23(35)36)24(37)30-19(10-11-22(29)34)25(38)31-20(12-15-4-2-1-3-5-15)26(39)32-21(27(40)41)13-16-6-8-17(33)9-7-16/h1-9,18-21,33H,10-14,28H2,(H2,29,34)(H,30,37)(H,31,38)(H,32,39)(H,35,36)(H,40,41). The molecule has 0 saturated carbocycles. The summed E-state index contributed by atoms with van der Waals surface area (Å²) in [4.78, 5) is 73.1. The lowest BCUT2D eigenvalue weighted by Crippen LogP contribution is -2.58. The first-order chi connectivity index (χ1) is 19.3. The van der Waals surface area contributed by atoms with Gasteiger partial charge < -0.3 is 42.7 Å². The van der Waals surface area contributed by atoms with Crippen molar-refractivity contribution in [2.45, 2.75) is 56.3 Å². The first kappa shape index (κ1) is 32.2. The fourth-order valence-electron chi connectivity index (χ4n) is 3.79. The van der Waals surface area contributed by atoms with Crippen molar-refractivity contribution in [3.63, 3.8) is 0 Å². The Hall–Kier alpha value is -4.98. The molecule has 10 N–H and O–H groups in total. The number of amides is 4. The van der Waals surface area contributed by atoms with Crippen molar-refractivity contribution < 1.29 is 44.1 Å². The zero-order valence-corrected chi connectivity index (χ0v) is 22.0. The van der Waals surface area contributed by atoms with Crippen molar-refractivity contribution in [1.29, 1.82) is 0 Å². The Kier molecular flexibility index (Phi) is 12.2. The van der Waals surface area contributed by atoms with E-state index in [1.54, 1.807) is 30.3 Å². The molecule has 0 aliphatic heterocycles. The highest BCUT2D eigenvalue weighted by Gasteiger charge is 2.31. The molecule has 14 nitrogen and oxygen atoms in total. The maximum atomic E-state index is 13.3. The van der Waals surface area contributed by atoms with E-state index in [1.165, 1.54) is 24.3 Å². The van der Waals surface area contributed by atoms with E-state index in [4.69, 9.17) is 16.6 Å². The number of aromatic hydroxyl groups is 1. The predicted molar refractivity (Wildman–Crippen MR) is 144 cm³/mol. The van der Waals surface area contributed by atoms with E-state index >= 15 is 0 Å². The molecule has 2 rings (SSSR count). The SMILES string of the molecule is NC(=O)CCC(NC(=O)C(N)CC(=O)O)C(=O)NC(Cc1ccccc1)C(=O)NC(Cc1ccc(O)cc1)C(=O)O. The normalized spacial score (nSPS) is 13.6. The molecule has 0 saturated heterocycles. The largest absolute Gasteiger partial charge is 0.508 e. The lowest BCUT2D eigenvalue weighted by Gasteiger charge is -2.25. The van der Waals surface area contributed by atoms with Crippen LogP contribution in [0.25, 0.3) is 0 Å². The van der Waals surface area contributed by atoms with Gasteiger partial charge in [0.05, 0.1) is 12.5 Å². The molecular formula is C27H33N5O9. The molecule has 0 aromatic heterocycles. The number of carboxylic acid groups (broad SMARTS) is 2. The Morgan fingerprint density at radius 2 is 1.22 bits per heavy atom. The Labute approximate surface area is 235 Å². The van der Waals surface area contributed by atoms with Gasteiger partial charge in [0, 0.05) is 19.3 Å². The third kappa shape index (κ3) is 11.3. The molecule has 0 heterocycles. The summed E-state index contributed by atoms with van der Waals surface area (Å²) < 4.78 is 0. The van der Waals surface area contributed by atoms with Gasteiger partial charge in [-0.3, -0.25) is 24.0 Å². The molecule has 0 aliphatic rings. The first-order valence-electron chi connectivity index (χ1n) is 12.6. The molecule has 0 spiro atoms. The smallest absolute Gasteiger partial charge is 0.326 e. The number of nitrogens with two attached hydrogens (primary N) is 2. The van der Waals surface area contributed by atoms with Crippen LogP contribution in [0.2, 0.25) is 0 Å². The minimum absolute atomic E-state index is 0.0165. The highest BCUT2D eigenvalue weighted by Crippen LogP contribution is 2.12. The Morgan fingerprint density at radius 3 is 1.78 bits per heavy atom. The number of benzene rings is 2. The van der Waals surface area contributed by atoms with Crippen LogP contribution in [0.3, 0.4) is 0 Å². The van der Waals surface area contributed by atoms with Crippen molar-refractivity contribution in [3.8, 4) is 5.75 Å². The molecule has 4 unspecified atom stereocenters. The maximum absolute atomic E-state index is 13.3. The number of phenols is 1. The van der Waals surface area contributed by atoms with Gasteiger partial charge in [-0.15, -0.1) is 0 Å². The molecule has 0 radical (unpaired) electrons. The van der Waals surface area contributed by atoms with Crippen LogP contribution in [0, 0.1) is 0 Å². The van der Waals surface area contributed by atoms with Gasteiger partial charge >= 0.3 is 11.9 Å². The number of primary amides is 1. The zero-order chi connectivity index (χ0) is 30.5. The fraction of sp³-hybridized carbons (Fsp3) is 0.333. The molecule has 2 aromatic carbocycles. The fourth-order valence-corrected chi connectivity index (χ4v) is 3.79. The molecule has 41 heavy (non-hydrogen) atoms. The predicted octanol–water partition coefficient (Wildman–Crippen LogP) is -1.22. The molecule has 220 valence electrons. The van der Waals surface area contributed by atoms with E-state index in [9.17, 15) is 39.0 Å². The van der Waals surface area contributed by atoms with Crippen LogP contribution < -0.4 is 27.4 Å². The third-order valence-corrected chi connectivity index (χ3v) is 5.95. The number of phenolic OH excluding ortho intramolecular Hbond substituents is 1. The second-order valence-corrected chi connectivity index (χ2v) is 9.29. The summed E-state index contributed by atoms with van der Waals surface area (Å²) in [7, 11) is 0. The average molecular weight is 572 g/mol. The monoisotopic (exact) mass is 571 g/mol. The quantitative estimate of drug-likeness (QED) is 0.119. The molecule has 2 aromatic rings. The van der Waals surface area contributed by atoms with Crippen LogP contribution in [-0.2, 0) is 41.6 Å². The highest BCUT2D eigenvalue weighted by atomic mass is 16.4. The number of carboxylic acids is 2. The van der Waals surface area contributed by atoms with Crippen molar-refractivity contribution in [3.05, 3.63) is 65.7 Å². The lowest BCUT2D eigenvalue weighted by atomic mass is 10.0. The van der Waals surface area contributed by atoms with E-state index in [0.717, 1.165) is 0 Å². The van der Waals surface area contributed by atoms with Crippen LogP contribution in [0.1, 0.15) is 30.4 Å². The minimum Gasteiger partial charge on any atom is -0.508 e. The van der Waals surface area contributed by atoms with E-state index in [-0.39, 0.29) is 31.4 Å². The van der Waals surface area contributed by atoms with Crippen LogP contribution in [0.15, 0.2) is 54.6 Å². The maximum Gasteiger partial charge on any atom is 0.326 e. The van der Waals surface area contributed by atoms with Crippen molar-refractivity contribution >= 4 is 35.6 Å². The van der Waals surface area contributed by atoms with Gasteiger partial charge in [-0.05, 0) is 29.7 Å². The van der Waals surface area contributed by atoms with Crippen LogP contribution in [-0.4, -0.2) is 75.1 Å². The van der Waals surface area contributed by atoms with Gasteiger partial charge in [0.2, 0.25) is 23.6 Å². The van der Waals surface area contributed by atoms with Crippen LogP contribution >= 0.6 is 0 Å². The molecule has 4 atom stereocenters. The summed E-state index contributed by atoms with van der Waals surface area (Å²) >= 11 is 0. The number of carbonyl (C=O) groups excluding carboxylic acids is 4. The van der Waals surface area contributed by atoms with Crippen molar-refractivity contribution in [1.82, 2.24) is 16.0 Å². The summed E-state index contributed by atoms with van der Waals surface area (Å²) in [5.41, 5.74) is 11.9. The van der Waals surface area contributed by atoms with Crippen LogP contribution in [0.5, 0.6) is 5.75 Å². The van der Waals surface area contributed by atoms with E-state index in [1.807, 2.05) is 0 Å². The van der Waals surface area contributed by atoms with E-state index in [0.29, 0.717) is 11.1 Å². The summed E-state index contributed by atoms with van der Waals surface area (Å²) in [6, 6.07) is 8.68. The number of hydrogen-bond acceptors (Lipinski definition) is 8. The zero-order valence-electron chi connectivity index (χ0n) is 22.0. The van der Waals surface area contributed by atoms with Gasteiger partial charge in [-0.25, -0.2) is 4.79 Å². The summed E-state index contributed by atoms with van der Waals surface area (Å²) in [5.74, 6) is -6.18. The minimum atomic E-state index is -1.49. The van der Waals surface area contributed by atoms with Gasteiger partial charge in [-0.1, -0.05) is 42.5 Å². The number of hydrogen-bond donors (Lipinski definition) is 8. The number of carbonyl (C=O) groups is 6. The van der Waals surface area contributed by atoms with Gasteiger partial charge in [-0.2, -0.15) is 0 Å². The van der Waals surface area contributed by atoms with Gasteiger partial charge in [0.1, 0.15) is 23.9 Å². The number of rotatable bonds is 16. The molecule has 14 heteroatoms.